The van der Waals surface area contributed by atoms with Gasteiger partial charge in [-0.15, -0.1) is 11.3 Å². The van der Waals surface area contributed by atoms with Crippen molar-refractivity contribution in [3.05, 3.63) is 50.9 Å². The van der Waals surface area contributed by atoms with Gasteiger partial charge in [0.05, 0.1) is 16.7 Å². The van der Waals surface area contributed by atoms with Gasteiger partial charge in [0.2, 0.25) is 0 Å². The van der Waals surface area contributed by atoms with E-state index in [1.165, 1.54) is 27.2 Å². The first kappa shape index (κ1) is 20.3. The van der Waals surface area contributed by atoms with Crippen LogP contribution < -0.4 is 5.32 Å². The minimum Gasteiger partial charge on any atom is -0.312 e. The molecule has 1 aromatic heterocycles. The molecule has 0 fully saturated rings. The highest BCUT2D eigenvalue weighted by Crippen LogP contribution is 2.38. The first-order valence-corrected chi connectivity index (χ1v) is 11.1. The van der Waals surface area contributed by atoms with Crippen LogP contribution in [0, 0.1) is 17.2 Å². The summed E-state index contributed by atoms with van der Waals surface area (Å²) in [5, 5.41) is 13.0. The Balaban J connectivity index is 1.57. The predicted molar refractivity (Wildman–Crippen MR) is 115 cm³/mol. The molecular formula is C23H23N3O3S. The number of fused-ring (bicyclic) bond motifs is 2. The summed E-state index contributed by atoms with van der Waals surface area (Å²) >= 11 is 1.46. The number of carbonyl (C=O) groups excluding carboxylic acids is 3. The second-order valence-electron chi connectivity index (χ2n) is 8.19. The van der Waals surface area contributed by atoms with Gasteiger partial charge < -0.3 is 5.32 Å². The summed E-state index contributed by atoms with van der Waals surface area (Å²) in [5.74, 6) is -0.662. The quantitative estimate of drug-likeness (QED) is 0.725. The third kappa shape index (κ3) is 3.52. The van der Waals surface area contributed by atoms with Crippen LogP contribution in [0.4, 0.5) is 5.00 Å². The molecule has 7 heteroatoms. The molecule has 4 rings (SSSR count). The molecule has 154 valence electrons. The fourth-order valence-corrected chi connectivity index (χ4v) is 5.20. The summed E-state index contributed by atoms with van der Waals surface area (Å²) in [6, 6.07) is 6.83. The van der Waals surface area contributed by atoms with Crippen molar-refractivity contribution in [2.75, 3.05) is 11.9 Å². The Morgan fingerprint density at radius 1 is 1.20 bits per heavy atom. The summed E-state index contributed by atoms with van der Waals surface area (Å²) in [5.41, 5.74) is 2.51. The number of thiophene rings is 1. The summed E-state index contributed by atoms with van der Waals surface area (Å²) in [6.45, 7) is 4.45. The second kappa shape index (κ2) is 8.04. The lowest BCUT2D eigenvalue weighted by atomic mass is 9.96. The molecule has 1 aromatic carbocycles. The highest BCUT2D eigenvalue weighted by molar-refractivity contribution is 7.16. The molecule has 0 spiro atoms. The molecule has 0 saturated heterocycles. The number of anilines is 1. The van der Waals surface area contributed by atoms with E-state index in [4.69, 9.17) is 0 Å². The Hall–Kier alpha value is -2.98. The zero-order valence-electron chi connectivity index (χ0n) is 17.1. The number of hydrogen-bond acceptors (Lipinski definition) is 5. The molecule has 0 atom stereocenters. The number of amides is 3. The lowest BCUT2D eigenvalue weighted by Crippen LogP contribution is -2.31. The molecule has 0 radical (unpaired) electrons. The Morgan fingerprint density at radius 2 is 1.93 bits per heavy atom. The second-order valence-corrected chi connectivity index (χ2v) is 9.29. The molecule has 2 aliphatic rings. The van der Waals surface area contributed by atoms with E-state index in [0.717, 1.165) is 37.7 Å². The van der Waals surface area contributed by atoms with Gasteiger partial charge >= 0.3 is 0 Å². The lowest BCUT2D eigenvalue weighted by Gasteiger charge is -2.14. The number of hydrogen-bond donors (Lipinski definition) is 1. The number of nitriles is 1. The van der Waals surface area contributed by atoms with E-state index in [-0.39, 0.29) is 23.3 Å². The van der Waals surface area contributed by atoms with Crippen molar-refractivity contribution < 1.29 is 14.4 Å². The number of imide groups is 1. The summed E-state index contributed by atoms with van der Waals surface area (Å²) in [4.78, 5) is 40.6. The van der Waals surface area contributed by atoms with E-state index in [2.05, 4.69) is 11.4 Å². The maximum absolute atomic E-state index is 12.9. The van der Waals surface area contributed by atoms with Crippen molar-refractivity contribution in [2.45, 2.75) is 46.0 Å². The van der Waals surface area contributed by atoms with Crippen molar-refractivity contribution in [3.8, 4) is 6.07 Å². The minimum absolute atomic E-state index is 0.266. The van der Waals surface area contributed by atoms with Gasteiger partial charge in [0, 0.05) is 17.0 Å². The molecule has 1 aliphatic carbocycles. The van der Waals surface area contributed by atoms with Crippen LogP contribution >= 0.6 is 11.3 Å². The number of carbonyl (C=O) groups is 3. The molecule has 0 bridgehead atoms. The first-order chi connectivity index (χ1) is 14.4. The van der Waals surface area contributed by atoms with Gasteiger partial charge in [0.25, 0.3) is 17.7 Å². The van der Waals surface area contributed by atoms with Crippen molar-refractivity contribution in [1.29, 1.82) is 5.26 Å². The topological polar surface area (TPSA) is 90.3 Å². The summed E-state index contributed by atoms with van der Waals surface area (Å²) in [7, 11) is 0. The standard InChI is InChI=1S/C23H23N3O3S/c1-13(2)9-10-26-22(28)16-8-7-14(11-17(16)23(26)29)20(27)25-21-18(12-24)15-5-3-4-6-19(15)30-21/h7-8,11,13H,3-6,9-10H2,1-2H3,(H,25,27). The van der Waals surface area contributed by atoms with E-state index < -0.39 is 0 Å². The van der Waals surface area contributed by atoms with E-state index in [1.807, 2.05) is 13.8 Å². The maximum atomic E-state index is 12.9. The van der Waals surface area contributed by atoms with E-state index in [1.54, 1.807) is 12.1 Å². The van der Waals surface area contributed by atoms with Crippen LogP contribution in [0.3, 0.4) is 0 Å². The van der Waals surface area contributed by atoms with Gasteiger partial charge in [-0.05, 0) is 61.8 Å². The number of nitrogens with zero attached hydrogens (tertiary/aromatic N) is 2. The Morgan fingerprint density at radius 3 is 2.67 bits per heavy atom. The van der Waals surface area contributed by atoms with Gasteiger partial charge in [-0.1, -0.05) is 13.8 Å². The van der Waals surface area contributed by atoms with E-state index >= 15 is 0 Å². The van der Waals surface area contributed by atoms with Crippen molar-refractivity contribution >= 4 is 34.1 Å². The maximum Gasteiger partial charge on any atom is 0.261 e. The monoisotopic (exact) mass is 421 g/mol. The molecule has 2 heterocycles. The number of benzene rings is 1. The third-order valence-electron chi connectivity index (χ3n) is 5.67. The highest BCUT2D eigenvalue weighted by atomic mass is 32.1. The van der Waals surface area contributed by atoms with Crippen molar-refractivity contribution in [3.63, 3.8) is 0 Å². The van der Waals surface area contributed by atoms with Crippen LogP contribution in [-0.2, 0) is 12.8 Å². The van der Waals surface area contributed by atoms with Crippen LogP contribution in [0.15, 0.2) is 18.2 Å². The molecule has 3 amide bonds. The molecular weight excluding hydrogens is 398 g/mol. The molecule has 1 aliphatic heterocycles. The summed E-state index contributed by atoms with van der Waals surface area (Å²) in [6.07, 6.45) is 4.69. The number of aryl methyl sites for hydroxylation is 1. The normalized spacial score (nSPS) is 15.2. The lowest BCUT2D eigenvalue weighted by molar-refractivity contribution is 0.0647. The zero-order chi connectivity index (χ0) is 21.4. The summed E-state index contributed by atoms with van der Waals surface area (Å²) < 4.78 is 0. The predicted octanol–water partition coefficient (Wildman–Crippen LogP) is 4.39. The Kier molecular flexibility index (Phi) is 5.44. The molecule has 0 saturated carbocycles. The van der Waals surface area contributed by atoms with E-state index in [0.29, 0.717) is 34.2 Å². The van der Waals surface area contributed by atoms with Crippen molar-refractivity contribution in [1.82, 2.24) is 4.90 Å². The molecule has 30 heavy (non-hydrogen) atoms. The third-order valence-corrected chi connectivity index (χ3v) is 6.88. The average Bonchev–Trinajstić information content (AvgIpc) is 3.20. The fraction of sp³-hybridized carbons (Fsp3) is 0.391. The smallest absolute Gasteiger partial charge is 0.261 e. The van der Waals surface area contributed by atoms with Gasteiger partial charge in [0.1, 0.15) is 11.1 Å². The van der Waals surface area contributed by atoms with Gasteiger partial charge in [0.15, 0.2) is 0 Å². The number of nitrogens with one attached hydrogen (secondary N) is 1. The SMILES string of the molecule is CC(C)CCN1C(=O)c2ccc(C(=O)Nc3sc4c(c3C#N)CCCC4)cc2C1=O. The largest absolute Gasteiger partial charge is 0.312 e. The molecule has 6 nitrogen and oxygen atoms in total. The minimum atomic E-state index is -0.381. The number of rotatable bonds is 5. The molecule has 2 aromatic rings. The molecule has 0 unspecified atom stereocenters. The average molecular weight is 422 g/mol. The fourth-order valence-electron chi connectivity index (χ4n) is 3.97. The highest BCUT2D eigenvalue weighted by Gasteiger charge is 2.35. The zero-order valence-corrected chi connectivity index (χ0v) is 17.9. The van der Waals surface area contributed by atoms with E-state index in [9.17, 15) is 19.6 Å². The van der Waals surface area contributed by atoms with Gasteiger partial charge in [-0.25, -0.2) is 0 Å². The molecule has 1 N–H and O–H groups in total. The van der Waals surface area contributed by atoms with Crippen LogP contribution in [0.5, 0.6) is 0 Å². The van der Waals surface area contributed by atoms with Crippen molar-refractivity contribution in [2.24, 2.45) is 5.92 Å². The van der Waals surface area contributed by atoms with Gasteiger partial charge in [-0.3, -0.25) is 19.3 Å². The first-order valence-electron chi connectivity index (χ1n) is 10.3. The van der Waals surface area contributed by atoms with Crippen LogP contribution in [0.2, 0.25) is 0 Å². The Labute approximate surface area is 179 Å². The Bertz CT molecular complexity index is 1090. The van der Waals surface area contributed by atoms with Crippen LogP contribution in [0.25, 0.3) is 0 Å². The van der Waals surface area contributed by atoms with Crippen LogP contribution in [0.1, 0.15) is 80.2 Å². The van der Waals surface area contributed by atoms with Crippen LogP contribution in [-0.4, -0.2) is 29.2 Å². The van der Waals surface area contributed by atoms with Gasteiger partial charge in [-0.2, -0.15) is 5.26 Å².